The third-order valence-electron chi connectivity index (χ3n) is 9.66. The molecule has 17 heteroatoms. The topological polar surface area (TPSA) is 122 Å². The van der Waals surface area contributed by atoms with Crippen molar-refractivity contribution in [2.45, 2.75) is 63.6 Å². The van der Waals surface area contributed by atoms with Gasteiger partial charge >= 0.3 is 6.18 Å². The van der Waals surface area contributed by atoms with Crippen molar-refractivity contribution in [1.29, 1.82) is 5.26 Å². The van der Waals surface area contributed by atoms with Gasteiger partial charge in [0.05, 0.1) is 22.0 Å². The number of nitrogens with zero attached hydrogens (tertiary/aromatic N) is 7. The molecule has 4 aromatic rings. The van der Waals surface area contributed by atoms with Crippen LogP contribution in [-0.4, -0.2) is 111 Å². The summed E-state index contributed by atoms with van der Waals surface area (Å²) in [4.78, 5) is 13.9. The molecule has 0 saturated carbocycles. The lowest BCUT2D eigenvalue weighted by molar-refractivity contribution is -0.126. The van der Waals surface area contributed by atoms with Gasteiger partial charge in [-0.2, -0.15) is 31.2 Å². The molecule has 0 aliphatic carbocycles. The first-order chi connectivity index (χ1) is 23.2. The highest BCUT2D eigenvalue weighted by Crippen LogP contribution is 2.34. The first-order valence-electron chi connectivity index (χ1n) is 16.2. The highest BCUT2D eigenvalue weighted by Gasteiger charge is 2.35. The minimum Gasteiger partial charge on any atom is -0.367 e. The number of halogens is 3. The summed E-state index contributed by atoms with van der Waals surface area (Å²) in [5.41, 5.74) is 3.86. The summed E-state index contributed by atoms with van der Waals surface area (Å²) in [6.07, 6.45) is -2.12. The third-order valence-corrected chi connectivity index (χ3v) is 12.7. The maximum absolute atomic E-state index is 13.0. The Hall–Kier alpha value is -3.11. The van der Waals surface area contributed by atoms with Crippen molar-refractivity contribution in [1.82, 2.24) is 33.4 Å². The number of thiophene rings is 1. The molecule has 49 heavy (non-hydrogen) atoms. The van der Waals surface area contributed by atoms with E-state index in [-0.39, 0.29) is 10.9 Å². The fourth-order valence-electron chi connectivity index (χ4n) is 6.89. The zero-order chi connectivity index (χ0) is 35.1. The van der Waals surface area contributed by atoms with Crippen molar-refractivity contribution in [3.8, 4) is 6.07 Å². The third kappa shape index (κ3) is 7.80. The fraction of sp³-hybridized carbons (Fsp3) is 0.531. The number of alkyl halides is 3. The van der Waals surface area contributed by atoms with Gasteiger partial charge in [0.1, 0.15) is 28.7 Å². The van der Waals surface area contributed by atoms with Gasteiger partial charge in [-0.3, -0.25) is 9.80 Å². The van der Waals surface area contributed by atoms with Gasteiger partial charge < -0.3 is 9.88 Å². The number of piperazine rings is 1. The second-order valence-corrected chi connectivity index (χ2v) is 17.1. The molecule has 0 bridgehead atoms. The van der Waals surface area contributed by atoms with Crippen LogP contribution in [0.25, 0.3) is 21.1 Å². The number of rotatable bonds is 10. The van der Waals surface area contributed by atoms with E-state index in [1.54, 1.807) is 6.07 Å². The smallest absolute Gasteiger partial charge is 0.367 e. The Labute approximate surface area is 291 Å². The van der Waals surface area contributed by atoms with Gasteiger partial charge in [0.2, 0.25) is 0 Å². The number of nitriles is 1. The van der Waals surface area contributed by atoms with E-state index in [0.717, 1.165) is 60.3 Å². The van der Waals surface area contributed by atoms with Crippen LogP contribution in [0.1, 0.15) is 41.5 Å². The number of likely N-dealkylation sites (tertiary alicyclic amines) is 1. The molecule has 0 unspecified atom stereocenters. The maximum atomic E-state index is 13.0. The number of aryl methyl sites for hydroxylation is 1. The molecule has 2 N–H and O–H groups in total. The second kappa shape index (κ2) is 13.9. The van der Waals surface area contributed by atoms with E-state index in [0.29, 0.717) is 54.5 Å². The maximum Gasteiger partial charge on any atom is 0.393 e. The van der Waals surface area contributed by atoms with Crippen LogP contribution in [0, 0.1) is 18.3 Å². The lowest BCUT2D eigenvalue weighted by atomic mass is 10.0. The molecule has 261 valence electrons. The van der Waals surface area contributed by atoms with Crippen LogP contribution in [0.3, 0.4) is 0 Å². The first-order valence-corrected chi connectivity index (χ1v) is 18.9. The van der Waals surface area contributed by atoms with E-state index in [1.807, 2.05) is 10.6 Å². The number of piperidine rings is 1. The molecular weight excluding hydrogens is 692 g/mol. The zero-order valence-electron chi connectivity index (χ0n) is 27.6. The lowest BCUT2D eigenvalue weighted by Gasteiger charge is -2.44. The number of anilines is 1. The predicted molar refractivity (Wildman–Crippen MR) is 186 cm³/mol. The molecule has 2 fully saturated rings. The van der Waals surface area contributed by atoms with Crippen molar-refractivity contribution in [3.63, 3.8) is 0 Å². The molecule has 2 aliphatic rings. The van der Waals surface area contributed by atoms with E-state index >= 15 is 0 Å². The van der Waals surface area contributed by atoms with Gasteiger partial charge in [-0.1, -0.05) is 6.07 Å². The highest BCUT2D eigenvalue weighted by molar-refractivity contribution is 7.87. The summed E-state index contributed by atoms with van der Waals surface area (Å²) in [5, 5.41) is 14.7. The van der Waals surface area contributed by atoms with Gasteiger partial charge in [0.25, 0.3) is 10.2 Å². The molecule has 6 rings (SSSR count). The number of hydrogen-bond donors (Lipinski definition) is 2. The van der Waals surface area contributed by atoms with Gasteiger partial charge in [-0.05, 0) is 56.0 Å². The predicted octanol–water partition coefficient (Wildman–Crippen LogP) is 3.97. The molecule has 0 spiro atoms. The van der Waals surface area contributed by atoms with Crippen molar-refractivity contribution in [2.24, 2.45) is 0 Å². The van der Waals surface area contributed by atoms with Gasteiger partial charge in [-0.15, -0.1) is 11.3 Å². The number of nitrogens with one attached hydrogen (secondary N) is 2. The molecule has 1 atom stereocenters. The van der Waals surface area contributed by atoms with Crippen LogP contribution in [0.4, 0.5) is 19.0 Å². The van der Waals surface area contributed by atoms with E-state index < -0.39 is 28.0 Å². The van der Waals surface area contributed by atoms with Gasteiger partial charge in [0.15, 0.2) is 0 Å². The van der Waals surface area contributed by atoms with Crippen LogP contribution in [0.2, 0.25) is 0 Å². The largest absolute Gasteiger partial charge is 0.393 e. The zero-order valence-corrected chi connectivity index (χ0v) is 30.3. The van der Waals surface area contributed by atoms with Gasteiger partial charge in [-0.25, -0.2) is 14.7 Å². The molecule has 5 heterocycles. The molecular formula is C32H39F3N9O2S2Si. The van der Waals surface area contributed by atoms with Crippen LogP contribution in [0.15, 0.2) is 30.6 Å². The molecule has 0 amide bonds. The minimum atomic E-state index is -4.27. The normalized spacial score (nSPS) is 19.0. The Morgan fingerprint density at radius 3 is 2.45 bits per heavy atom. The second-order valence-electron chi connectivity index (χ2n) is 13.0. The summed E-state index contributed by atoms with van der Waals surface area (Å²) >= 11 is 1.05. The Morgan fingerprint density at radius 1 is 1.08 bits per heavy atom. The van der Waals surface area contributed by atoms with Crippen molar-refractivity contribution >= 4 is 58.7 Å². The summed E-state index contributed by atoms with van der Waals surface area (Å²) < 4.78 is 69.2. The van der Waals surface area contributed by atoms with Gasteiger partial charge in [0, 0.05) is 86.4 Å². The molecule has 11 nitrogen and oxygen atoms in total. The quantitative estimate of drug-likeness (QED) is 0.235. The molecule has 1 aromatic carbocycles. The standard InChI is InChI=1S/C32H39F3N9O2S2Si/c1-21-22(18-41-8-6-23(7-9-41)40-29-27-15-25(16-32(33,34)35)47-30(27)39-20-38-29)4-5-28-26(21)14-24(17-36)44(28)19-31(2,49)42-10-12-43(13-11-42)48(45,46)37-3/h4-5,14-15,20,23,37H,6-13,16,18-19H2,1-3H3,(H,38,39,40)/t31-/m0/s1. The van der Waals surface area contributed by atoms with E-state index in [1.165, 1.54) is 23.2 Å². The fourth-order valence-corrected chi connectivity index (χ4v) is 9.20. The minimum absolute atomic E-state index is 0.144. The Bertz CT molecular complexity index is 1970. The Balaban J connectivity index is 1.10. The molecule has 3 radical (unpaired) electrons. The Morgan fingerprint density at radius 2 is 1.80 bits per heavy atom. The summed E-state index contributed by atoms with van der Waals surface area (Å²) in [5.74, 6) is 0.579. The average Bonchev–Trinajstić information content (AvgIpc) is 3.63. The van der Waals surface area contributed by atoms with Crippen molar-refractivity contribution in [2.75, 3.05) is 51.6 Å². The lowest BCUT2D eigenvalue weighted by Crippen LogP contribution is -2.59. The van der Waals surface area contributed by atoms with E-state index in [9.17, 15) is 26.9 Å². The van der Waals surface area contributed by atoms with Crippen LogP contribution in [0.5, 0.6) is 0 Å². The molecule has 2 saturated heterocycles. The van der Waals surface area contributed by atoms with Crippen LogP contribution in [-0.2, 0) is 29.7 Å². The number of aromatic nitrogens is 3. The van der Waals surface area contributed by atoms with Crippen molar-refractivity contribution in [3.05, 3.63) is 52.3 Å². The highest BCUT2D eigenvalue weighted by atomic mass is 32.2. The monoisotopic (exact) mass is 730 g/mol. The number of benzene rings is 1. The number of hydrogen-bond acceptors (Lipinski definition) is 9. The summed E-state index contributed by atoms with van der Waals surface area (Å²) in [6.45, 7) is 8.97. The molecule has 3 aromatic heterocycles. The summed E-state index contributed by atoms with van der Waals surface area (Å²) in [7, 11) is 1.91. The number of fused-ring (bicyclic) bond motifs is 2. The molecule has 2 aliphatic heterocycles. The average molecular weight is 731 g/mol. The summed E-state index contributed by atoms with van der Waals surface area (Å²) in [6, 6.07) is 10.2. The Kier molecular flexibility index (Phi) is 10.1. The van der Waals surface area contributed by atoms with Crippen molar-refractivity contribution < 1.29 is 21.6 Å². The van der Waals surface area contributed by atoms with Crippen LogP contribution >= 0.6 is 11.3 Å². The van der Waals surface area contributed by atoms with E-state index in [4.69, 9.17) is 0 Å². The first kappa shape index (κ1) is 35.7. The SMILES string of the molecule is CNS(=O)(=O)N1CCN([C@@](C)([Si])Cn2c(C#N)cc3c(C)c(CN4CCC(Nc5ncnc6sc(CC(F)(F)F)cc56)CC4)ccc32)CC1. The van der Waals surface area contributed by atoms with E-state index in [2.05, 4.69) is 72.1 Å². The van der Waals surface area contributed by atoms with Crippen LogP contribution < -0.4 is 10.0 Å².